The molecular formula is C25H33ClN2O4. The number of carbonyl (C=O) groups is 1. The second kappa shape index (κ2) is 11.5. The Bertz CT molecular complexity index is 901. The van der Waals surface area contributed by atoms with Gasteiger partial charge in [0.05, 0.1) is 17.7 Å². The van der Waals surface area contributed by atoms with Gasteiger partial charge >= 0.3 is 6.09 Å². The summed E-state index contributed by atoms with van der Waals surface area (Å²) in [6.07, 6.45) is 3.27. The zero-order valence-electron chi connectivity index (χ0n) is 18.8. The molecule has 2 atom stereocenters. The van der Waals surface area contributed by atoms with Crippen LogP contribution in [-0.2, 0) is 16.8 Å². The van der Waals surface area contributed by atoms with Crippen LogP contribution < -0.4 is 15.4 Å². The number of nitrogens with one attached hydrogen (secondary N) is 2. The topological polar surface area (TPSA) is 79.8 Å². The molecule has 2 aromatic carbocycles. The van der Waals surface area contributed by atoms with E-state index in [2.05, 4.69) is 22.3 Å². The number of alkyl carbamates (subject to hydrolysis) is 1. The molecule has 6 nitrogen and oxygen atoms in total. The summed E-state index contributed by atoms with van der Waals surface area (Å²) in [4.78, 5) is 11.4. The van der Waals surface area contributed by atoms with Crippen molar-refractivity contribution in [3.05, 3.63) is 58.6 Å². The van der Waals surface area contributed by atoms with E-state index >= 15 is 0 Å². The lowest BCUT2D eigenvalue weighted by Gasteiger charge is -2.40. The molecule has 1 heterocycles. The van der Waals surface area contributed by atoms with Crippen LogP contribution in [0.4, 0.5) is 4.79 Å². The number of aryl methyl sites for hydroxylation is 1. The van der Waals surface area contributed by atoms with E-state index in [1.54, 1.807) is 6.07 Å². The highest BCUT2D eigenvalue weighted by Gasteiger charge is 2.41. The standard InChI is InChI=1S/C25H33ClN2O4/c1-3-18-9-4-5-13-22(18)32-23-20(11-6-12-21(23)26)25(30,19-10-7-15-27-17-19)14-8-16-28-24(29)31-2/h4-6,9,11-13,19,27,30H,3,7-8,10,14-17H2,1-2H3,(H,28,29)/t19-,25?/m1/s1. The summed E-state index contributed by atoms with van der Waals surface area (Å²) in [5.74, 6) is 1.22. The number of carbonyl (C=O) groups excluding carboxylic acids is 1. The first-order valence-corrected chi connectivity index (χ1v) is 11.7. The van der Waals surface area contributed by atoms with Gasteiger partial charge in [0, 0.05) is 24.6 Å². The van der Waals surface area contributed by atoms with Crippen LogP contribution in [0.3, 0.4) is 0 Å². The third-order valence-corrected chi connectivity index (χ3v) is 6.46. The number of methoxy groups -OCH3 is 1. The van der Waals surface area contributed by atoms with Gasteiger partial charge in [0.1, 0.15) is 5.75 Å². The van der Waals surface area contributed by atoms with E-state index in [0.717, 1.165) is 37.1 Å². The first-order valence-electron chi connectivity index (χ1n) is 11.3. The maximum atomic E-state index is 12.1. The van der Waals surface area contributed by atoms with Crippen LogP contribution in [0.15, 0.2) is 42.5 Å². The Morgan fingerprint density at radius 3 is 2.81 bits per heavy atom. The lowest BCUT2D eigenvalue weighted by Crippen LogP contribution is -2.45. The van der Waals surface area contributed by atoms with Crippen LogP contribution in [0, 0.1) is 5.92 Å². The van der Waals surface area contributed by atoms with Crippen LogP contribution >= 0.6 is 11.6 Å². The van der Waals surface area contributed by atoms with E-state index in [9.17, 15) is 9.90 Å². The van der Waals surface area contributed by atoms with Gasteiger partial charge in [-0.15, -0.1) is 0 Å². The minimum Gasteiger partial charge on any atom is -0.455 e. The minimum atomic E-state index is -1.16. The van der Waals surface area contributed by atoms with Gasteiger partial charge < -0.3 is 25.2 Å². The van der Waals surface area contributed by atoms with Crippen molar-refractivity contribution in [1.82, 2.24) is 10.6 Å². The molecule has 1 saturated heterocycles. The molecule has 1 aliphatic rings. The number of para-hydroxylation sites is 2. The summed E-state index contributed by atoms with van der Waals surface area (Å²) in [6.45, 7) is 4.14. The number of amides is 1. The number of benzene rings is 2. The van der Waals surface area contributed by atoms with E-state index in [-0.39, 0.29) is 5.92 Å². The van der Waals surface area contributed by atoms with Crippen molar-refractivity contribution >= 4 is 17.7 Å². The minimum absolute atomic E-state index is 0.00314. The Morgan fingerprint density at radius 2 is 2.09 bits per heavy atom. The van der Waals surface area contributed by atoms with Crippen molar-refractivity contribution in [3.63, 3.8) is 0 Å². The van der Waals surface area contributed by atoms with E-state index in [4.69, 9.17) is 16.3 Å². The Hall–Kier alpha value is -2.28. The normalized spacial score (nSPS) is 17.9. The van der Waals surface area contributed by atoms with Crippen molar-refractivity contribution in [3.8, 4) is 11.5 Å². The van der Waals surface area contributed by atoms with Crippen molar-refractivity contribution in [1.29, 1.82) is 0 Å². The van der Waals surface area contributed by atoms with E-state index in [1.807, 2.05) is 36.4 Å². The van der Waals surface area contributed by atoms with Gasteiger partial charge in [-0.3, -0.25) is 0 Å². The SMILES string of the molecule is CCc1ccccc1Oc1c(Cl)cccc1C(O)(CCCNC(=O)OC)[C@@H]1CCCNC1. The molecule has 2 aromatic rings. The number of hydrogen-bond acceptors (Lipinski definition) is 5. The van der Waals surface area contributed by atoms with Crippen molar-refractivity contribution in [2.75, 3.05) is 26.7 Å². The summed E-state index contributed by atoms with van der Waals surface area (Å²) in [7, 11) is 1.34. The predicted molar refractivity (Wildman–Crippen MR) is 126 cm³/mol. The summed E-state index contributed by atoms with van der Waals surface area (Å²) in [5, 5.41) is 18.7. The lowest BCUT2D eigenvalue weighted by molar-refractivity contribution is -0.0433. The molecule has 0 radical (unpaired) electrons. The highest BCUT2D eigenvalue weighted by atomic mass is 35.5. The second-order valence-corrected chi connectivity index (χ2v) is 8.58. The van der Waals surface area contributed by atoms with Gasteiger partial charge in [0.2, 0.25) is 0 Å². The molecule has 1 fully saturated rings. The summed E-state index contributed by atoms with van der Waals surface area (Å²) in [5.41, 5.74) is 0.596. The molecule has 1 amide bonds. The van der Waals surface area contributed by atoms with Crippen LogP contribution in [0.5, 0.6) is 11.5 Å². The summed E-state index contributed by atoms with van der Waals surface area (Å²) >= 11 is 6.62. The number of hydrogen-bond donors (Lipinski definition) is 3. The molecular weight excluding hydrogens is 428 g/mol. The Morgan fingerprint density at radius 1 is 1.28 bits per heavy atom. The molecule has 3 N–H and O–H groups in total. The van der Waals surface area contributed by atoms with E-state index < -0.39 is 11.7 Å². The fraction of sp³-hybridized carbons (Fsp3) is 0.480. The van der Waals surface area contributed by atoms with Gasteiger partial charge in [0.25, 0.3) is 0 Å². The van der Waals surface area contributed by atoms with Gasteiger partial charge in [-0.1, -0.05) is 48.9 Å². The predicted octanol–water partition coefficient (Wildman–Crippen LogP) is 5.02. The molecule has 1 unspecified atom stereocenters. The first kappa shape index (κ1) is 24.4. The number of rotatable bonds is 9. The van der Waals surface area contributed by atoms with Crippen molar-refractivity contribution in [2.45, 2.75) is 44.6 Å². The molecule has 32 heavy (non-hydrogen) atoms. The zero-order chi connectivity index (χ0) is 23.0. The van der Waals surface area contributed by atoms with Crippen molar-refractivity contribution in [2.24, 2.45) is 5.92 Å². The zero-order valence-corrected chi connectivity index (χ0v) is 19.6. The van der Waals surface area contributed by atoms with Crippen molar-refractivity contribution < 1.29 is 19.4 Å². The Kier molecular flexibility index (Phi) is 8.79. The number of aliphatic hydroxyl groups is 1. The summed E-state index contributed by atoms with van der Waals surface area (Å²) < 4.78 is 11.0. The van der Waals surface area contributed by atoms with Gasteiger partial charge in [-0.25, -0.2) is 4.79 Å². The highest BCUT2D eigenvalue weighted by Crippen LogP contribution is 2.46. The fourth-order valence-electron chi connectivity index (χ4n) is 4.40. The number of halogens is 1. The maximum absolute atomic E-state index is 12.1. The Balaban J connectivity index is 1.94. The third-order valence-electron chi connectivity index (χ3n) is 6.16. The van der Waals surface area contributed by atoms with Gasteiger partial charge in [-0.05, 0) is 56.3 Å². The smallest absolute Gasteiger partial charge is 0.406 e. The molecule has 174 valence electrons. The van der Waals surface area contributed by atoms with E-state index in [0.29, 0.717) is 42.3 Å². The first-order chi connectivity index (χ1) is 15.5. The second-order valence-electron chi connectivity index (χ2n) is 8.17. The van der Waals surface area contributed by atoms with Crippen LogP contribution in [0.25, 0.3) is 0 Å². The number of piperidine rings is 1. The van der Waals surface area contributed by atoms with Crippen LogP contribution in [-0.4, -0.2) is 37.9 Å². The average Bonchev–Trinajstić information content (AvgIpc) is 2.83. The molecule has 3 rings (SSSR count). The third kappa shape index (κ3) is 5.74. The number of ether oxygens (including phenoxy) is 2. The largest absolute Gasteiger partial charge is 0.455 e. The summed E-state index contributed by atoms with van der Waals surface area (Å²) in [6, 6.07) is 13.4. The fourth-order valence-corrected chi connectivity index (χ4v) is 4.61. The monoisotopic (exact) mass is 460 g/mol. The molecule has 0 bridgehead atoms. The lowest BCUT2D eigenvalue weighted by atomic mass is 9.74. The maximum Gasteiger partial charge on any atom is 0.406 e. The molecule has 0 saturated carbocycles. The highest BCUT2D eigenvalue weighted by molar-refractivity contribution is 6.32. The molecule has 0 aromatic heterocycles. The quantitative estimate of drug-likeness (QED) is 0.458. The van der Waals surface area contributed by atoms with Gasteiger partial charge in [0.15, 0.2) is 5.75 Å². The van der Waals surface area contributed by atoms with E-state index in [1.165, 1.54) is 7.11 Å². The molecule has 0 aliphatic carbocycles. The van der Waals surface area contributed by atoms with Crippen LogP contribution in [0.2, 0.25) is 5.02 Å². The molecule has 0 spiro atoms. The average molecular weight is 461 g/mol. The Labute approximate surface area is 195 Å². The molecule has 1 aliphatic heterocycles. The molecule has 7 heteroatoms. The van der Waals surface area contributed by atoms with Gasteiger partial charge in [-0.2, -0.15) is 0 Å². The van der Waals surface area contributed by atoms with Crippen LogP contribution in [0.1, 0.15) is 43.7 Å².